The molecule has 11 heteroatoms. The van der Waals surface area contributed by atoms with Crippen molar-refractivity contribution in [1.29, 1.82) is 0 Å². The molecule has 0 atom stereocenters. The first-order valence-electron chi connectivity index (χ1n) is 11.8. The quantitative estimate of drug-likeness (QED) is 0.167. The van der Waals surface area contributed by atoms with Gasteiger partial charge in [-0.05, 0) is 54.4 Å². The topological polar surface area (TPSA) is 146 Å². The van der Waals surface area contributed by atoms with Gasteiger partial charge in [0.25, 0.3) is 0 Å². The molecule has 0 radical (unpaired) electrons. The van der Waals surface area contributed by atoms with Crippen LogP contribution in [-0.2, 0) is 20.8 Å². The highest BCUT2D eigenvalue weighted by atomic mass is 32.1. The summed E-state index contributed by atoms with van der Waals surface area (Å²) in [5.41, 5.74) is 3.28. The van der Waals surface area contributed by atoms with E-state index in [1.165, 1.54) is 40.1 Å². The van der Waals surface area contributed by atoms with Crippen LogP contribution < -0.4 is 0 Å². The summed E-state index contributed by atoms with van der Waals surface area (Å²) in [5, 5.41) is 28.8. The van der Waals surface area contributed by atoms with E-state index in [9.17, 15) is 29.7 Å². The molecular formula is C30H20O8S3. The SMILES string of the molecule is Cc1cc(-c2ccccc2C(=O)O)sc1-c1ccc(-c2sc(-c3ccccc3C(=O)O)cc2CC(=O)O)s1.O=C=O. The van der Waals surface area contributed by atoms with E-state index >= 15 is 0 Å². The third-order valence-electron chi connectivity index (χ3n) is 5.97. The lowest BCUT2D eigenvalue weighted by atomic mass is 10.0. The van der Waals surface area contributed by atoms with E-state index in [0.717, 1.165) is 29.9 Å². The van der Waals surface area contributed by atoms with Crippen LogP contribution in [0.25, 0.3) is 40.4 Å². The summed E-state index contributed by atoms with van der Waals surface area (Å²) in [7, 11) is 0. The zero-order valence-corrected chi connectivity index (χ0v) is 23.7. The lowest BCUT2D eigenvalue weighted by Crippen LogP contribution is -2.00. The van der Waals surface area contributed by atoms with Gasteiger partial charge in [-0.25, -0.2) is 9.59 Å². The fraction of sp³-hybridized carbons (Fsp3) is 0.0667. The maximum atomic E-state index is 11.8. The third-order valence-corrected chi connectivity index (χ3v) is 9.89. The number of carboxylic acids is 3. The number of hydrogen-bond acceptors (Lipinski definition) is 8. The van der Waals surface area contributed by atoms with Crippen molar-refractivity contribution in [1.82, 2.24) is 0 Å². The number of thiophene rings is 3. The second kappa shape index (κ2) is 12.7. The Morgan fingerprint density at radius 3 is 1.63 bits per heavy atom. The number of carbonyl (C=O) groups excluding carboxylic acids is 2. The number of aryl methyl sites for hydroxylation is 1. The van der Waals surface area contributed by atoms with Crippen LogP contribution in [0.3, 0.4) is 0 Å². The van der Waals surface area contributed by atoms with E-state index < -0.39 is 17.9 Å². The van der Waals surface area contributed by atoms with Gasteiger partial charge in [-0.1, -0.05) is 36.4 Å². The minimum atomic E-state index is -1.04. The van der Waals surface area contributed by atoms with Crippen molar-refractivity contribution in [3.63, 3.8) is 0 Å². The molecule has 2 aromatic carbocycles. The van der Waals surface area contributed by atoms with Gasteiger partial charge in [0.05, 0.1) is 17.5 Å². The normalized spacial score (nSPS) is 10.4. The molecule has 5 rings (SSSR count). The molecule has 0 saturated heterocycles. The summed E-state index contributed by atoms with van der Waals surface area (Å²) >= 11 is 4.43. The highest BCUT2D eigenvalue weighted by Crippen LogP contribution is 2.47. The van der Waals surface area contributed by atoms with Gasteiger partial charge in [-0.2, -0.15) is 9.59 Å². The first-order chi connectivity index (χ1) is 19.6. The van der Waals surface area contributed by atoms with Crippen LogP contribution in [0.2, 0.25) is 0 Å². The number of aromatic carboxylic acids is 2. The number of aliphatic carboxylic acids is 1. The van der Waals surface area contributed by atoms with Gasteiger partial charge >= 0.3 is 24.1 Å². The molecule has 3 aromatic heterocycles. The van der Waals surface area contributed by atoms with E-state index in [4.69, 9.17) is 9.59 Å². The minimum absolute atomic E-state index is 0.164. The lowest BCUT2D eigenvalue weighted by Gasteiger charge is -2.02. The number of carboxylic acid groups (broad SMARTS) is 3. The standard InChI is InChI=1S/C29H20O6S3.CO2/c1-15-12-23(17-6-2-4-8-19(17)28(32)33)37-26(15)21-10-11-22(36-21)27-16(14-25(30)31)13-24(38-27)18-7-3-5-9-20(18)29(34)35;2-1-3/h2-13H,14H2,1H3,(H,30,31)(H,32,33)(H,34,35);. The van der Waals surface area contributed by atoms with Crippen LogP contribution >= 0.6 is 34.0 Å². The van der Waals surface area contributed by atoms with Gasteiger partial charge in [0.2, 0.25) is 0 Å². The molecule has 3 heterocycles. The molecule has 0 aliphatic rings. The van der Waals surface area contributed by atoms with Crippen molar-refractivity contribution in [3.8, 4) is 40.4 Å². The molecule has 206 valence electrons. The zero-order valence-electron chi connectivity index (χ0n) is 21.2. The number of rotatable bonds is 8. The van der Waals surface area contributed by atoms with Crippen molar-refractivity contribution >= 4 is 58.1 Å². The largest absolute Gasteiger partial charge is 0.481 e. The van der Waals surface area contributed by atoms with Gasteiger partial charge in [0, 0.05) is 40.4 Å². The van der Waals surface area contributed by atoms with Crippen LogP contribution in [0.4, 0.5) is 0 Å². The molecule has 0 amide bonds. The van der Waals surface area contributed by atoms with Gasteiger partial charge in [-0.15, -0.1) is 34.0 Å². The molecule has 41 heavy (non-hydrogen) atoms. The van der Waals surface area contributed by atoms with Crippen LogP contribution in [0.1, 0.15) is 31.8 Å². The second-order valence-corrected chi connectivity index (χ2v) is 11.8. The Labute approximate surface area is 245 Å². The summed E-state index contributed by atoms with van der Waals surface area (Å²) in [6, 6.07) is 21.3. The average molecular weight is 605 g/mol. The van der Waals surface area contributed by atoms with Gasteiger partial charge < -0.3 is 15.3 Å². The Kier molecular flexibility index (Phi) is 9.06. The Morgan fingerprint density at radius 2 is 1.12 bits per heavy atom. The molecule has 0 bridgehead atoms. The molecule has 8 nitrogen and oxygen atoms in total. The molecule has 0 unspecified atom stereocenters. The molecule has 3 N–H and O–H groups in total. The lowest BCUT2D eigenvalue weighted by molar-refractivity contribution is -0.191. The summed E-state index contributed by atoms with van der Waals surface area (Å²) in [5.74, 6) is -2.98. The fourth-order valence-electron chi connectivity index (χ4n) is 4.27. The summed E-state index contributed by atoms with van der Waals surface area (Å²) in [4.78, 5) is 56.6. The van der Waals surface area contributed by atoms with E-state index in [2.05, 4.69) is 0 Å². The van der Waals surface area contributed by atoms with Gasteiger partial charge in [0.15, 0.2) is 0 Å². The number of benzene rings is 2. The van der Waals surface area contributed by atoms with Crippen LogP contribution in [-0.4, -0.2) is 39.4 Å². The molecule has 0 saturated carbocycles. The number of carbonyl (C=O) groups is 3. The predicted molar refractivity (Wildman–Crippen MR) is 157 cm³/mol. The van der Waals surface area contributed by atoms with E-state index in [-0.39, 0.29) is 23.7 Å². The van der Waals surface area contributed by atoms with Crippen LogP contribution in [0, 0.1) is 6.92 Å². The Hall–Kier alpha value is -4.67. The summed E-state index contributed by atoms with van der Waals surface area (Å²) in [6.07, 6.45) is 0.0719. The molecular weight excluding hydrogens is 585 g/mol. The molecule has 5 aromatic rings. The Balaban J connectivity index is 0.00000124. The minimum Gasteiger partial charge on any atom is -0.481 e. The van der Waals surface area contributed by atoms with Crippen molar-refractivity contribution in [2.24, 2.45) is 0 Å². The third kappa shape index (κ3) is 6.40. The maximum Gasteiger partial charge on any atom is 0.373 e. The first kappa shape index (κ1) is 29.3. The molecule has 0 aliphatic carbocycles. The average Bonchev–Trinajstić information content (AvgIpc) is 3.67. The summed E-state index contributed by atoms with van der Waals surface area (Å²) in [6.45, 7) is 1.99. The molecule has 0 aliphatic heterocycles. The predicted octanol–water partition coefficient (Wildman–Crippen LogP) is 7.29. The van der Waals surface area contributed by atoms with E-state index in [1.807, 2.05) is 31.2 Å². The van der Waals surface area contributed by atoms with Crippen molar-refractivity contribution in [3.05, 3.63) is 95.1 Å². The molecule has 0 spiro atoms. The molecule has 0 fully saturated rings. The van der Waals surface area contributed by atoms with Crippen molar-refractivity contribution in [2.75, 3.05) is 0 Å². The fourth-order valence-corrected chi connectivity index (χ4v) is 8.03. The zero-order chi connectivity index (χ0) is 29.7. The number of hydrogen-bond donors (Lipinski definition) is 3. The van der Waals surface area contributed by atoms with E-state index in [1.54, 1.807) is 42.5 Å². The maximum absolute atomic E-state index is 11.8. The van der Waals surface area contributed by atoms with Crippen LogP contribution in [0.5, 0.6) is 0 Å². The smallest absolute Gasteiger partial charge is 0.373 e. The Morgan fingerprint density at radius 1 is 0.659 bits per heavy atom. The second-order valence-electron chi connectivity index (χ2n) is 8.61. The monoisotopic (exact) mass is 604 g/mol. The van der Waals surface area contributed by atoms with E-state index in [0.29, 0.717) is 21.6 Å². The van der Waals surface area contributed by atoms with Crippen molar-refractivity contribution < 1.29 is 39.3 Å². The first-order valence-corrected chi connectivity index (χ1v) is 14.3. The highest BCUT2D eigenvalue weighted by Gasteiger charge is 2.21. The van der Waals surface area contributed by atoms with Crippen molar-refractivity contribution in [2.45, 2.75) is 13.3 Å². The van der Waals surface area contributed by atoms with Crippen LogP contribution in [0.15, 0.2) is 72.8 Å². The van der Waals surface area contributed by atoms with Gasteiger partial charge in [0.1, 0.15) is 0 Å². The van der Waals surface area contributed by atoms with Gasteiger partial charge in [-0.3, -0.25) is 4.79 Å². The highest BCUT2D eigenvalue weighted by molar-refractivity contribution is 7.28. The Bertz CT molecular complexity index is 1800. The summed E-state index contributed by atoms with van der Waals surface area (Å²) < 4.78 is 0.